The fraction of sp³-hybridized carbons (Fsp3) is 0.250. The molecule has 0 saturated carbocycles. The van der Waals surface area contributed by atoms with Crippen LogP contribution in [0.25, 0.3) is 0 Å². The Kier molecular flexibility index (Phi) is 5.00. The van der Waals surface area contributed by atoms with Gasteiger partial charge in [0, 0.05) is 41.4 Å². The molecule has 108 valence electrons. The molecule has 0 amide bonds. The van der Waals surface area contributed by atoms with Crippen LogP contribution < -0.4 is 4.72 Å². The fourth-order valence-corrected chi connectivity index (χ4v) is 4.48. The summed E-state index contributed by atoms with van der Waals surface area (Å²) < 4.78 is 30.2. The summed E-state index contributed by atoms with van der Waals surface area (Å²) in [5.74, 6) is 0.836. The number of nitrogens with one attached hydrogen (secondary N) is 1. The van der Waals surface area contributed by atoms with Gasteiger partial charge in [0.15, 0.2) is 0 Å². The van der Waals surface area contributed by atoms with Gasteiger partial charge >= 0.3 is 0 Å². The number of rotatable bonds is 5. The van der Waals surface area contributed by atoms with Crippen LogP contribution in [0.2, 0.25) is 0 Å². The lowest BCUT2D eigenvalue weighted by atomic mass is 10.4. The van der Waals surface area contributed by atoms with Gasteiger partial charge < -0.3 is 4.57 Å². The molecule has 1 aromatic heterocycles. The first kappa shape index (κ1) is 15.7. The van der Waals surface area contributed by atoms with Crippen LogP contribution in [0.15, 0.2) is 44.4 Å². The van der Waals surface area contributed by atoms with Crippen molar-refractivity contribution in [1.29, 1.82) is 0 Å². The van der Waals surface area contributed by atoms with Crippen molar-refractivity contribution in [2.45, 2.75) is 11.3 Å². The normalized spacial score (nSPS) is 11.8. The molecule has 0 unspecified atom stereocenters. The van der Waals surface area contributed by atoms with Crippen molar-refractivity contribution in [3.63, 3.8) is 0 Å². The number of hydrogen-bond acceptors (Lipinski definition) is 3. The monoisotopic (exact) mass is 421 g/mol. The van der Waals surface area contributed by atoms with Crippen LogP contribution in [0.4, 0.5) is 0 Å². The number of sulfonamides is 1. The van der Waals surface area contributed by atoms with Gasteiger partial charge in [0.1, 0.15) is 5.82 Å². The van der Waals surface area contributed by atoms with E-state index >= 15 is 0 Å². The zero-order valence-corrected chi connectivity index (χ0v) is 14.7. The van der Waals surface area contributed by atoms with Crippen LogP contribution in [0, 0.1) is 0 Å². The molecule has 0 fully saturated rings. The summed E-state index contributed by atoms with van der Waals surface area (Å²) in [5.41, 5.74) is 0. The van der Waals surface area contributed by atoms with Crippen LogP contribution in [-0.4, -0.2) is 24.5 Å². The van der Waals surface area contributed by atoms with Crippen LogP contribution in [0.3, 0.4) is 0 Å². The third-order valence-corrected chi connectivity index (χ3v) is 5.68. The minimum absolute atomic E-state index is 0.223. The number of aryl methyl sites for hydroxylation is 1. The Labute approximate surface area is 134 Å². The predicted octanol–water partition coefficient (Wildman–Crippen LogP) is 2.47. The van der Waals surface area contributed by atoms with Gasteiger partial charge in [-0.05, 0) is 34.1 Å². The SMILES string of the molecule is Cn1ccnc1CCNS(=O)(=O)c1ccc(Br)cc1Br. The van der Waals surface area contributed by atoms with Gasteiger partial charge in [-0.2, -0.15) is 0 Å². The smallest absolute Gasteiger partial charge is 0.241 e. The average molecular weight is 423 g/mol. The largest absolute Gasteiger partial charge is 0.338 e. The lowest BCUT2D eigenvalue weighted by molar-refractivity contribution is 0.579. The highest BCUT2D eigenvalue weighted by Crippen LogP contribution is 2.25. The maximum absolute atomic E-state index is 12.2. The van der Waals surface area contributed by atoms with Gasteiger partial charge in [-0.3, -0.25) is 0 Å². The van der Waals surface area contributed by atoms with Crippen molar-refractivity contribution in [2.75, 3.05) is 6.54 Å². The second-order valence-corrected chi connectivity index (χ2v) is 7.68. The summed E-state index contributed by atoms with van der Waals surface area (Å²) in [6, 6.07) is 4.95. The Morgan fingerprint density at radius 3 is 2.70 bits per heavy atom. The molecule has 8 heteroatoms. The molecule has 5 nitrogen and oxygen atoms in total. The zero-order valence-electron chi connectivity index (χ0n) is 10.7. The van der Waals surface area contributed by atoms with E-state index < -0.39 is 10.0 Å². The van der Waals surface area contributed by atoms with Crippen LogP contribution in [0.1, 0.15) is 5.82 Å². The lowest BCUT2D eigenvalue weighted by Crippen LogP contribution is -2.27. The summed E-state index contributed by atoms with van der Waals surface area (Å²) in [4.78, 5) is 4.37. The minimum atomic E-state index is -3.53. The van der Waals surface area contributed by atoms with Crippen molar-refractivity contribution < 1.29 is 8.42 Å². The first-order chi connectivity index (χ1) is 9.40. The second-order valence-electron chi connectivity index (χ2n) is 4.18. The molecule has 1 aromatic carbocycles. The first-order valence-electron chi connectivity index (χ1n) is 5.81. The lowest BCUT2D eigenvalue weighted by Gasteiger charge is -2.09. The van der Waals surface area contributed by atoms with Crippen molar-refractivity contribution in [1.82, 2.24) is 14.3 Å². The average Bonchev–Trinajstić information content (AvgIpc) is 2.74. The van der Waals surface area contributed by atoms with Gasteiger partial charge in [0.2, 0.25) is 10.0 Å². The van der Waals surface area contributed by atoms with E-state index in [4.69, 9.17) is 0 Å². The summed E-state index contributed by atoms with van der Waals surface area (Å²) in [6.45, 7) is 0.301. The molecule has 0 aliphatic rings. The van der Waals surface area contributed by atoms with E-state index in [1.807, 2.05) is 17.8 Å². The molecule has 2 aromatic rings. The molecule has 0 atom stereocenters. The standard InChI is InChI=1S/C12H13Br2N3O2S/c1-17-7-6-15-12(17)4-5-16-20(18,19)11-3-2-9(13)8-10(11)14/h2-3,6-8,16H,4-5H2,1H3. The molecule has 1 N–H and O–H groups in total. The van der Waals surface area contributed by atoms with E-state index in [2.05, 4.69) is 41.6 Å². The van der Waals surface area contributed by atoms with Gasteiger partial charge in [0.25, 0.3) is 0 Å². The van der Waals surface area contributed by atoms with Gasteiger partial charge in [0.05, 0.1) is 4.90 Å². The maximum atomic E-state index is 12.2. The van der Waals surface area contributed by atoms with Crippen molar-refractivity contribution >= 4 is 41.9 Å². The van der Waals surface area contributed by atoms with E-state index in [-0.39, 0.29) is 4.90 Å². The summed E-state index contributed by atoms with van der Waals surface area (Å²) in [7, 11) is -1.65. The van der Waals surface area contributed by atoms with Gasteiger partial charge in [-0.1, -0.05) is 15.9 Å². The summed E-state index contributed by atoms with van der Waals surface area (Å²) >= 11 is 6.55. The molecule has 0 radical (unpaired) electrons. The highest BCUT2D eigenvalue weighted by atomic mass is 79.9. The first-order valence-corrected chi connectivity index (χ1v) is 8.88. The predicted molar refractivity (Wildman–Crippen MR) is 83.9 cm³/mol. The molecule has 1 heterocycles. The molecule has 0 aliphatic carbocycles. The van der Waals surface area contributed by atoms with Gasteiger partial charge in [-0.15, -0.1) is 0 Å². The van der Waals surface area contributed by atoms with E-state index in [0.717, 1.165) is 10.3 Å². The number of nitrogens with zero attached hydrogens (tertiary/aromatic N) is 2. The van der Waals surface area contributed by atoms with Crippen molar-refractivity contribution in [3.05, 3.63) is 45.4 Å². The van der Waals surface area contributed by atoms with E-state index in [9.17, 15) is 8.42 Å². The molecule has 20 heavy (non-hydrogen) atoms. The highest BCUT2D eigenvalue weighted by molar-refractivity contribution is 9.11. The third kappa shape index (κ3) is 3.69. The number of imidazole rings is 1. The van der Waals surface area contributed by atoms with Crippen molar-refractivity contribution in [3.8, 4) is 0 Å². The van der Waals surface area contributed by atoms with E-state index in [0.29, 0.717) is 17.4 Å². The molecule has 0 aliphatic heterocycles. The molecule has 0 saturated heterocycles. The number of halogens is 2. The van der Waals surface area contributed by atoms with E-state index in [1.54, 1.807) is 24.4 Å². The molecular weight excluding hydrogens is 410 g/mol. The van der Waals surface area contributed by atoms with Crippen LogP contribution >= 0.6 is 31.9 Å². The second kappa shape index (κ2) is 6.38. The van der Waals surface area contributed by atoms with Gasteiger partial charge in [-0.25, -0.2) is 18.1 Å². The Morgan fingerprint density at radius 2 is 2.10 bits per heavy atom. The molecule has 2 rings (SSSR count). The Hall–Kier alpha value is -0.700. The minimum Gasteiger partial charge on any atom is -0.338 e. The fourth-order valence-electron chi connectivity index (χ4n) is 1.71. The summed E-state index contributed by atoms with van der Waals surface area (Å²) in [6.07, 6.45) is 4.06. The topological polar surface area (TPSA) is 64.0 Å². The van der Waals surface area contributed by atoms with E-state index in [1.165, 1.54) is 0 Å². The van der Waals surface area contributed by atoms with Crippen LogP contribution in [-0.2, 0) is 23.5 Å². The molecule has 0 spiro atoms. The zero-order chi connectivity index (χ0) is 14.8. The Balaban J connectivity index is 2.06. The molecule has 0 bridgehead atoms. The van der Waals surface area contributed by atoms with Crippen molar-refractivity contribution in [2.24, 2.45) is 7.05 Å². The molecular formula is C12H13Br2N3O2S. The van der Waals surface area contributed by atoms with Crippen LogP contribution in [0.5, 0.6) is 0 Å². The number of aromatic nitrogens is 2. The highest BCUT2D eigenvalue weighted by Gasteiger charge is 2.17. The Bertz CT molecular complexity index is 713. The Morgan fingerprint density at radius 1 is 1.35 bits per heavy atom. The number of hydrogen-bond donors (Lipinski definition) is 1. The number of benzene rings is 1. The quantitative estimate of drug-likeness (QED) is 0.804. The maximum Gasteiger partial charge on any atom is 0.241 e. The third-order valence-electron chi connectivity index (χ3n) is 2.75. The summed E-state index contributed by atoms with van der Waals surface area (Å²) in [5, 5.41) is 0.